The Labute approximate surface area is 72.2 Å². The molecular weight excluding hydrogens is 186 g/mol. The average molecular weight is 198 g/mol. The number of sulfonamides is 1. The molecule has 1 aliphatic carbocycles. The summed E-state index contributed by atoms with van der Waals surface area (Å²) in [5.41, 5.74) is 0. The normalized spacial score (nSPS) is 31.5. The first-order valence-corrected chi connectivity index (χ1v) is 5.80. The fourth-order valence-electron chi connectivity index (χ4n) is 1.10. The highest BCUT2D eigenvalue weighted by Gasteiger charge is 2.29. The zero-order valence-corrected chi connectivity index (χ0v) is 7.95. The molecule has 1 saturated carbocycles. The molecule has 2 unspecified atom stereocenters. The van der Waals surface area contributed by atoms with Crippen molar-refractivity contribution in [3.05, 3.63) is 0 Å². The van der Waals surface area contributed by atoms with Gasteiger partial charge in [0.05, 0.1) is 0 Å². The van der Waals surface area contributed by atoms with Crippen molar-refractivity contribution in [1.29, 1.82) is 0 Å². The van der Waals surface area contributed by atoms with Crippen LogP contribution in [0.4, 0.5) is 0 Å². The molecule has 0 saturated heterocycles. The van der Waals surface area contributed by atoms with Crippen LogP contribution in [-0.2, 0) is 10.0 Å². The van der Waals surface area contributed by atoms with Gasteiger partial charge in [0.25, 0.3) is 0 Å². The lowest BCUT2D eigenvalue weighted by Crippen LogP contribution is -2.45. The van der Waals surface area contributed by atoms with Gasteiger partial charge in [-0.25, -0.2) is 13.1 Å². The molecule has 0 aliphatic heterocycles. The summed E-state index contributed by atoms with van der Waals surface area (Å²) in [6.45, 7) is 2.03. The van der Waals surface area contributed by atoms with Gasteiger partial charge in [-0.05, 0) is 18.8 Å². The van der Waals surface area contributed by atoms with Crippen molar-refractivity contribution in [3.63, 3.8) is 0 Å². The molecule has 3 nitrogen and oxygen atoms in total. The van der Waals surface area contributed by atoms with E-state index in [9.17, 15) is 8.42 Å². The van der Waals surface area contributed by atoms with Crippen molar-refractivity contribution in [2.75, 3.05) is 5.21 Å². The van der Waals surface area contributed by atoms with Gasteiger partial charge in [0.2, 0.25) is 10.0 Å². The number of halogens is 1. The fourth-order valence-corrected chi connectivity index (χ4v) is 2.17. The fraction of sp³-hybridized carbons (Fsp3) is 1.00. The van der Waals surface area contributed by atoms with E-state index in [1.807, 2.05) is 6.92 Å². The summed E-state index contributed by atoms with van der Waals surface area (Å²) in [6.07, 6.45) is 2.05. The van der Waals surface area contributed by atoms with Crippen LogP contribution in [0, 0.1) is 5.92 Å². The molecule has 0 amide bonds. The molecule has 0 spiro atoms. The van der Waals surface area contributed by atoms with Crippen molar-refractivity contribution in [3.8, 4) is 0 Å². The summed E-state index contributed by atoms with van der Waals surface area (Å²) in [5.74, 6) is 0.466. The molecule has 66 valence electrons. The largest absolute Gasteiger partial charge is 0.225 e. The highest BCUT2D eigenvalue weighted by atomic mass is 35.5. The minimum Gasteiger partial charge on any atom is -0.211 e. The van der Waals surface area contributed by atoms with Gasteiger partial charge < -0.3 is 0 Å². The van der Waals surface area contributed by atoms with Crippen LogP contribution < -0.4 is 4.72 Å². The summed E-state index contributed by atoms with van der Waals surface area (Å²) < 4.78 is 24.3. The van der Waals surface area contributed by atoms with Gasteiger partial charge in [-0.1, -0.05) is 6.92 Å². The molecule has 1 rings (SSSR count). The van der Waals surface area contributed by atoms with Gasteiger partial charge in [0.1, 0.15) is 5.21 Å². The molecule has 0 heterocycles. The van der Waals surface area contributed by atoms with Crippen LogP contribution in [0.3, 0.4) is 0 Å². The Morgan fingerprint density at radius 3 is 2.45 bits per heavy atom. The standard InChI is InChI=1S/C6H12ClNO2S/c1-5-2-3-6(5)8-11(9,10)4-7/h5-6,8H,2-4H2,1H3. The average Bonchev–Trinajstić information content (AvgIpc) is 1.98. The third-order valence-electron chi connectivity index (χ3n) is 2.09. The van der Waals surface area contributed by atoms with E-state index >= 15 is 0 Å². The van der Waals surface area contributed by atoms with Crippen molar-refractivity contribution < 1.29 is 8.42 Å². The number of rotatable bonds is 3. The molecule has 11 heavy (non-hydrogen) atoms. The highest BCUT2D eigenvalue weighted by Crippen LogP contribution is 2.26. The molecule has 1 aliphatic rings. The van der Waals surface area contributed by atoms with Crippen molar-refractivity contribution in [2.45, 2.75) is 25.8 Å². The molecular formula is C6H12ClNO2S. The van der Waals surface area contributed by atoms with Gasteiger partial charge in [0.15, 0.2) is 0 Å². The Morgan fingerprint density at radius 2 is 2.18 bits per heavy atom. The van der Waals surface area contributed by atoms with Crippen LogP contribution in [0.5, 0.6) is 0 Å². The van der Waals surface area contributed by atoms with Gasteiger partial charge >= 0.3 is 0 Å². The van der Waals surface area contributed by atoms with Crippen LogP contribution in [0.15, 0.2) is 0 Å². The Hall–Kier alpha value is 0.200. The number of nitrogens with one attached hydrogen (secondary N) is 1. The zero-order chi connectivity index (χ0) is 8.48. The van der Waals surface area contributed by atoms with Gasteiger partial charge in [0, 0.05) is 6.04 Å². The SMILES string of the molecule is CC1CCC1NS(=O)(=O)CCl. The van der Waals surface area contributed by atoms with Crippen molar-refractivity contribution in [2.24, 2.45) is 5.92 Å². The van der Waals surface area contributed by atoms with Crippen molar-refractivity contribution in [1.82, 2.24) is 4.72 Å². The molecule has 0 radical (unpaired) electrons. The first-order valence-electron chi connectivity index (χ1n) is 3.61. The highest BCUT2D eigenvalue weighted by molar-refractivity contribution is 7.90. The van der Waals surface area contributed by atoms with Gasteiger partial charge in [-0.3, -0.25) is 0 Å². The second-order valence-corrected chi connectivity index (χ2v) is 5.34. The van der Waals surface area contributed by atoms with E-state index in [4.69, 9.17) is 11.6 Å². The predicted octanol–water partition coefficient (Wildman–Crippen LogP) is 0.901. The molecule has 0 bridgehead atoms. The topological polar surface area (TPSA) is 46.2 Å². The van der Waals surface area contributed by atoms with Crippen LogP contribution in [0.2, 0.25) is 0 Å². The molecule has 1 N–H and O–H groups in total. The van der Waals surface area contributed by atoms with Crippen LogP contribution in [0.25, 0.3) is 0 Å². The second-order valence-electron chi connectivity index (χ2n) is 3.00. The quantitative estimate of drug-likeness (QED) is 0.684. The number of alkyl halides is 1. The van der Waals surface area contributed by atoms with Crippen molar-refractivity contribution >= 4 is 21.6 Å². The zero-order valence-electron chi connectivity index (χ0n) is 6.38. The molecule has 5 heteroatoms. The molecule has 0 aromatic rings. The summed E-state index contributed by atoms with van der Waals surface area (Å²) in [5, 5.41) is -0.337. The summed E-state index contributed by atoms with van der Waals surface area (Å²) in [6, 6.07) is 0.124. The van der Waals surface area contributed by atoms with Gasteiger partial charge in [-0.2, -0.15) is 0 Å². The van der Waals surface area contributed by atoms with E-state index in [1.165, 1.54) is 0 Å². The maximum absolute atomic E-state index is 10.9. The third kappa shape index (κ3) is 2.32. The Bertz CT molecular complexity index is 227. The minimum absolute atomic E-state index is 0.124. The van der Waals surface area contributed by atoms with E-state index in [0.29, 0.717) is 5.92 Å². The maximum Gasteiger partial charge on any atom is 0.225 e. The summed E-state index contributed by atoms with van der Waals surface area (Å²) >= 11 is 5.22. The lowest BCUT2D eigenvalue weighted by atomic mass is 9.82. The predicted molar refractivity (Wildman–Crippen MR) is 45.0 cm³/mol. The van der Waals surface area contributed by atoms with Crippen LogP contribution in [-0.4, -0.2) is 19.7 Å². The molecule has 0 aromatic heterocycles. The van der Waals surface area contributed by atoms with E-state index in [0.717, 1.165) is 12.8 Å². The molecule has 0 aromatic carbocycles. The third-order valence-corrected chi connectivity index (χ3v) is 3.91. The van der Waals surface area contributed by atoms with E-state index in [1.54, 1.807) is 0 Å². The summed E-state index contributed by atoms with van der Waals surface area (Å²) in [4.78, 5) is 0. The second kappa shape index (κ2) is 3.29. The lowest BCUT2D eigenvalue weighted by Gasteiger charge is -2.33. The molecule has 2 atom stereocenters. The van der Waals surface area contributed by atoms with Gasteiger partial charge in [-0.15, -0.1) is 11.6 Å². The Morgan fingerprint density at radius 1 is 1.55 bits per heavy atom. The van der Waals surface area contributed by atoms with Crippen LogP contribution >= 0.6 is 11.6 Å². The first kappa shape index (κ1) is 9.29. The minimum atomic E-state index is -3.20. The molecule has 1 fully saturated rings. The van der Waals surface area contributed by atoms with E-state index in [2.05, 4.69) is 4.72 Å². The first-order chi connectivity index (χ1) is 5.05. The van der Waals surface area contributed by atoms with E-state index < -0.39 is 10.0 Å². The van der Waals surface area contributed by atoms with E-state index in [-0.39, 0.29) is 11.3 Å². The number of hydrogen-bond donors (Lipinski definition) is 1. The Balaban J connectivity index is 2.42. The summed E-state index contributed by atoms with van der Waals surface area (Å²) in [7, 11) is -3.20. The Kier molecular flexibility index (Phi) is 2.78. The number of hydrogen-bond acceptors (Lipinski definition) is 2. The lowest BCUT2D eigenvalue weighted by molar-refractivity contribution is 0.260. The monoisotopic (exact) mass is 197 g/mol. The maximum atomic E-state index is 10.9. The van der Waals surface area contributed by atoms with Crippen LogP contribution in [0.1, 0.15) is 19.8 Å². The smallest absolute Gasteiger partial charge is 0.211 e.